The first-order valence-corrected chi connectivity index (χ1v) is 9.54. The van der Waals surface area contributed by atoms with Crippen molar-refractivity contribution >= 4 is 23.5 Å². The van der Waals surface area contributed by atoms with E-state index in [-0.39, 0.29) is 11.7 Å². The first-order chi connectivity index (χ1) is 15.0. The second-order valence-corrected chi connectivity index (χ2v) is 6.55. The van der Waals surface area contributed by atoms with Crippen molar-refractivity contribution in [2.75, 3.05) is 26.6 Å². The van der Waals surface area contributed by atoms with Crippen molar-refractivity contribution in [2.24, 2.45) is 0 Å². The Morgan fingerprint density at radius 2 is 1.39 bits per heavy atom. The van der Waals surface area contributed by atoms with E-state index in [1.54, 1.807) is 42.5 Å². The van der Waals surface area contributed by atoms with Crippen LogP contribution in [0.3, 0.4) is 0 Å². The van der Waals surface area contributed by atoms with E-state index in [1.165, 1.54) is 27.4 Å². The molecule has 1 N–H and O–H groups in total. The van der Waals surface area contributed by atoms with Gasteiger partial charge in [-0.3, -0.25) is 9.59 Å². The number of hydrogen-bond donors (Lipinski definition) is 1. The maximum atomic E-state index is 12.7. The molecule has 0 aliphatic heterocycles. The Bertz CT molecular complexity index is 1060. The van der Waals surface area contributed by atoms with Crippen molar-refractivity contribution in [3.63, 3.8) is 0 Å². The summed E-state index contributed by atoms with van der Waals surface area (Å²) in [6.45, 7) is 0. The summed E-state index contributed by atoms with van der Waals surface area (Å²) in [4.78, 5) is 24.8. The maximum absolute atomic E-state index is 12.7. The lowest BCUT2D eigenvalue weighted by atomic mass is 10.1. The van der Waals surface area contributed by atoms with Gasteiger partial charge in [0.1, 0.15) is 0 Å². The Labute approximate surface area is 181 Å². The number of rotatable bonds is 8. The van der Waals surface area contributed by atoms with Crippen LogP contribution in [0.2, 0.25) is 0 Å². The van der Waals surface area contributed by atoms with Crippen LogP contribution in [0, 0.1) is 0 Å². The molecule has 3 aromatic carbocycles. The first kappa shape index (κ1) is 21.6. The fraction of sp³-hybridized carbons (Fsp3) is 0.120. The van der Waals surface area contributed by atoms with Crippen molar-refractivity contribution in [1.29, 1.82) is 0 Å². The summed E-state index contributed by atoms with van der Waals surface area (Å²) in [5, 5.41) is 2.83. The standard InChI is InChI=1S/C25H23NO5/c1-29-22-15-19(16-23(30-2)24(22)31-3)25(28)26-20-12-9-17(10-13-20)11-14-21(27)18-7-5-4-6-8-18/h4-16H,1-3H3,(H,26,28). The highest BCUT2D eigenvalue weighted by atomic mass is 16.5. The van der Waals surface area contributed by atoms with Crippen LogP contribution >= 0.6 is 0 Å². The highest BCUT2D eigenvalue weighted by molar-refractivity contribution is 6.07. The molecular formula is C25H23NO5. The molecule has 0 aliphatic rings. The fourth-order valence-corrected chi connectivity index (χ4v) is 2.96. The summed E-state index contributed by atoms with van der Waals surface area (Å²) in [6.07, 6.45) is 3.26. The van der Waals surface area contributed by atoms with Crippen LogP contribution < -0.4 is 19.5 Å². The molecule has 3 aromatic rings. The van der Waals surface area contributed by atoms with Crippen LogP contribution in [0.1, 0.15) is 26.3 Å². The molecule has 6 nitrogen and oxygen atoms in total. The van der Waals surface area contributed by atoms with Crippen LogP contribution in [0.25, 0.3) is 6.08 Å². The van der Waals surface area contributed by atoms with Gasteiger partial charge in [-0.25, -0.2) is 0 Å². The molecule has 0 atom stereocenters. The Hall–Kier alpha value is -4.06. The number of amides is 1. The molecule has 1 amide bonds. The van der Waals surface area contributed by atoms with Gasteiger partial charge in [-0.15, -0.1) is 0 Å². The number of methoxy groups -OCH3 is 3. The molecule has 0 fully saturated rings. The van der Waals surface area contributed by atoms with Crippen molar-refractivity contribution in [1.82, 2.24) is 0 Å². The van der Waals surface area contributed by atoms with Crippen molar-refractivity contribution < 1.29 is 23.8 Å². The Morgan fingerprint density at radius 3 is 1.94 bits per heavy atom. The van der Waals surface area contributed by atoms with E-state index in [9.17, 15) is 9.59 Å². The second kappa shape index (κ2) is 10.1. The molecule has 0 saturated carbocycles. The van der Waals surface area contributed by atoms with Gasteiger partial charge in [0, 0.05) is 16.8 Å². The summed E-state index contributed by atoms with van der Waals surface area (Å²) < 4.78 is 15.9. The summed E-state index contributed by atoms with van der Waals surface area (Å²) in [6, 6.07) is 19.4. The van der Waals surface area contributed by atoms with Gasteiger partial charge in [0.2, 0.25) is 5.75 Å². The van der Waals surface area contributed by atoms with Gasteiger partial charge in [-0.1, -0.05) is 48.5 Å². The maximum Gasteiger partial charge on any atom is 0.255 e. The molecule has 31 heavy (non-hydrogen) atoms. The molecule has 0 saturated heterocycles. The number of anilines is 1. The minimum absolute atomic E-state index is 0.0691. The second-order valence-electron chi connectivity index (χ2n) is 6.55. The first-order valence-electron chi connectivity index (χ1n) is 9.54. The molecule has 158 valence electrons. The van der Waals surface area contributed by atoms with Crippen LogP contribution in [-0.2, 0) is 0 Å². The van der Waals surface area contributed by atoms with Gasteiger partial charge in [-0.2, -0.15) is 0 Å². The number of nitrogens with one attached hydrogen (secondary N) is 1. The van der Waals surface area contributed by atoms with E-state index in [4.69, 9.17) is 14.2 Å². The topological polar surface area (TPSA) is 73.9 Å². The SMILES string of the molecule is COc1cc(C(=O)Nc2ccc(C=CC(=O)c3ccccc3)cc2)cc(OC)c1OC. The lowest BCUT2D eigenvalue weighted by molar-refractivity contribution is 0.102. The van der Waals surface area contributed by atoms with E-state index in [2.05, 4.69) is 5.32 Å². The monoisotopic (exact) mass is 417 g/mol. The minimum Gasteiger partial charge on any atom is -0.493 e. The molecule has 6 heteroatoms. The predicted molar refractivity (Wildman–Crippen MR) is 120 cm³/mol. The van der Waals surface area contributed by atoms with E-state index in [0.717, 1.165) is 5.56 Å². The lowest BCUT2D eigenvalue weighted by Crippen LogP contribution is -2.12. The molecule has 0 spiro atoms. The molecule has 0 unspecified atom stereocenters. The smallest absolute Gasteiger partial charge is 0.255 e. The van der Waals surface area contributed by atoms with E-state index < -0.39 is 0 Å². The van der Waals surface area contributed by atoms with E-state index in [0.29, 0.717) is 34.1 Å². The third-order valence-corrected chi connectivity index (χ3v) is 4.58. The number of ether oxygens (including phenoxy) is 3. The molecule has 0 radical (unpaired) electrons. The number of carbonyl (C=O) groups is 2. The van der Waals surface area contributed by atoms with E-state index >= 15 is 0 Å². The summed E-state index contributed by atoms with van der Waals surface area (Å²) in [5.74, 6) is 0.830. The highest BCUT2D eigenvalue weighted by Crippen LogP contribution is 2.38. The predicted octanol–water partition coefficient (Wildman–Crippen LogP) is 4.86. The summed E-state index contributed by atoms with van der Waals surface area (Å²) >= 11 is 0. The molecule has 0 aromatic heterocycles. The zero-order valence-corrected chi connectivity index (χ0v) is 17.5. The van der Waals surface area contributed by atoms with Crippen molar-refractivity contribution in [3.05, 3.63) is 89.5 Å². The third kappa shape index (κ3) is 5.30. The van der Waals surface area contributed by atoms with Gasteiger partial charge in [0.05, 0.1) is 21.3 Å². The minimum atomic E-state index is -0.318. The number of hydrogen-bond acceptors (Lipinski definition) is 5. The largest absolute Gasteiger partial charge is 0.493 e. The van der Waals surface area contributed by atoms with Gasteiger partial charge in [0.15, 0.2) is 17.3 Å². The molecule has 3 rings (SSSR count). The average molecular weight is 417 g/mol. The highest BCUT2D eigenvalue weighted by Gasteiger charge is 2.17. The number of ketones is 1. The van der Waals surface area contributed by atoms with Gasteiger partial charge in [-0.05, 0) is 35.9 Å². The third-order valence-electron chi connectivity index (χ3n) is 4.58. The average Bonchev–Trinajstić information content (AvgIpc) is 2.82. The van der Waals surface area contributed by atoms with Gasteiger partial charge < -0.3 is 19.5 Å². The lowest BCUT2D eigenvalue weighted by Gasteiger charge is -2.14. The van der Waals surface area contributed by atoms with Crippen LogP contribution in [0.5, 0.6) is 17.2 Å². The van der Waals surface area contributed by atoms with Gasteiger partial charge in [0.25, 0.3) is 5.91 Å². The molecule has 0 aliphatic carbocycles. The fourth-order valence-electron chi connectivity index (χ4n) is 2.96. The molecule has 0 heterocycles. The number of allylic oxidation sites excluding steroid dienone is 1. The van der Waals surface area contributed by atoms with Crippen LogP contribution in [-0.4, -0.2) is 33.0 Å². The molecular weight excluding hydrogens is 394 g/mol. The summed E-state index contributed by atoms with van der Waals surface area (Å²) in [7, 11) is 4.49. The normalized spacial score (nSPS) is 10.5. The van der Waals surface area contributed by atoms with Crippen LogP contribution in [0.4, 0.5) is 5.69 Å². The zero-order chi connectivity index (χ0) is 22.2. The van der Waals surface area contributed by atoms with Crippen LogP contribution in [0.15, 0.2) is 72.8 Å². The van der Waals surface area contributed by atoms with E-state index in [1.807, 2.05) is 30.3 Å². The summed E-state index contributed by atoms with van der Waals surface area (Å²) in [5.41, 5.74) is 2.46. The molecule has 0 bridgehead atoms. The zero-order valence-electron chi connectivity index (χ0n) is 17.5. The number of carbonyl (C=O) groups excluding carboxylic acids is 2. The quantitative estimate of drug-likeness (QED) is 0.418. The van der Waals surface area contributed by atoms with Gasteiger partial charge >= 0.3 is 0 Å². The van der Waals surface area contributed by atoms with Crippen molar-refractivity contribution in [3.8, 4) is 17.2 Å². The Balaban J connectivity index is 1.70. The number of benzene rings is 3. The Kier molecular flexibility index (Phi) is 7.06. The Morgan fingerprint density at radius 1 is 0.774 bits per heavy atom. The van der Waals surface area contributed by atoms with Crippen molar-refractivity contribution in [2.45, 2.75) is 0 Å².